The largest absolute Gasteiger partial charge is 0.208 e. The number of fused-ring (bicyclic) bond motifs is 3. The predicted octanol–water partition coefficient (Wildman–Crippen LogP) is 10.5. The van der Waals surface area contributed by atoms with Crippen LogP contribution in [0.1, 0.15) is 25.0 Å². The van der Waals surface area contributed by atoms with Crippen molar-refractivity contribution in [3.05, 3.63) is 163 Å². The Balaban J connectivity index is 1.38. The van der Waals surface area contributed by atoms with Crippen LogP contribution in [0.15, 0.2) is 152 Å². The monoisotopic (exact) mass is 577 g/mol. The number of rotatable bonds is 5. The lowest BCUT2D eigenvalue weighted by atomic mass is 9.80. The van der Waals surface area contributed by atoms with E-state index in [-0.39, 0.29) is 5.41 Å². The zero-order chi connectivity index (χ0) is 30.4. The van der Waals surface area contributed by atoms with E-state index in [9.17, 15) is 0 Å². The number of benzene rings is 6. The molecule has 7 aromatic rings. The van der Waals surface area contributed by atoms with Gasteiger partial charge in [0, 0.05) is 22.1 Å². The molecule has 0 spiro atoms. The number of aromatic nitrogens is 3. The van der Waals surface area contributed by atoms with E-state index in [0.29, 0.717) is 17.5 Å². The molecule has 1 aliphatic carbocycles. The van der Waals surface area contributed by atoms with Gasteiger partial charge in [-0.3, -0.25) is 0 Å². The summed E-state index contributed by atoms with van der Waals surface area (Å²) in [5.41, 5.74) is 12.4. The average molecular weight is 578 g/mol. The molecule has 1 aliphatic rings. The van der Waals surface area contributed by atoms with E-state index in [4.69, 9.17) is 15.0 Å². The second-order valence-electron chi connectivity index (χ2n) is 12.1. The summed E-state index contributed by atoms with van der Waals surface area (Å²) < 4.78 is 0. The average Bonchev–Trinajstić information content (AvgIpc) is 3.35. The van der Waals surface area contributed by atoms with Gasteiger partial charge in [0.25, 0.3) is 0 Å². The fourth-order valence-corrected chi connectivity index (χ4v) is 6.73. The van der Waals surface area contributed by atoms with Crippen molar-refractivity contribution in [2.75, 3.05) is 0 Å². The number of hydrogen-bond acceptors (Lipinski definition) is 3. The second-order valence-corrected chi connectivity index (χ2v) is 12.1. The first-order valence-electron chi connectivity index (χ1n) is 15.4. The van der Waals surface area contributed by atoms with Gasteiger partial charge < -0.3 is 0 Å². The van der Waals surface area contributed by atoms with Gasteiger partial charge in [0.15, 0.2) is 17.5 Å². The van der Waals surface area contributed by atoms with E-state index < -0.39 is 0 Å². The molecule has 0 saturated carbocycles. The summed E-state index contributed by atoms with van der Waals surface area (Å²) in [7, 11) is 0. The zero-order valence-electron chi connectivity index (χ0n) is 25.3. The first-order valence-corrected chi connectivity index (χ1v) is 15.4. The Hall–Kier alpha value is -5.67. The molecular formula is C42H31N3. The minimum atomic E-state index is -0.198. The maximum Gasteiger partial charge on any atom is 0.164 e. The number of nitrogens with zero attached hydrogens (tertiary/aromatic N) is 3. The minimum Gasteiger partial charge on any atom is -0.208 e. The van der Waals surface area contributed by atoms with Crippen molar-refractivity contribution < 1.29 is 0 Å². The Bertz CT molecular complexity index is 2110. The van der Waals surface area contributed by atoms with Gasteiger partial charge in [-0.05, 0) is 62.7 Å². The fourth-order valence-electron chi connectivity index (χ4n) is 6.73. The summed E-state index contributed by atoms with van der Waals surface area (Å²) in [5.74, 6) is 2.00. The second kappa shape index (κ2) is 10.8. The molecule has 8 rings (SSSR count). The van der Waals surface area contributed by atoms with Crippen molar-refractivity contribution in [3.63, 3.8) is 0 Å². The summed E-state index contributed by atoms with van der Waals surface area (Å²) in [4.78, 5) is 15.5. The molecule has 3 nitrogen and oxygen atoms in total. The van der Waals surface area contributed by atoms with Crippen molar-refractivity contribution >= 4 is 0 Å². The van der Waals surface area contributed by atoms with E-state index in [1.165, 1.54) is 22.3 Å². The maximum absolute atomic E-state index is 5.25. The van der Waals surface area contributed by atoms with Crippen LogP contribution in [0.25, 0.3) is 67.5 Å². The van der Waals surface area contributed by atoms with Crippen LogP contribution >= 0.6 is 0 Å². The molecule has 6 aromatic carbocycles. The van der Waals surface area contributed by atoms with E-state index in [1.807, 2.05) is 30.3 Å². The fraction of sp³-hybridized carbons (Fsp3) is 0.0714. The Kier molecular flexibility index (Phi) is 6.46. The van der Waals surface area contributed by atoms with Crippen LogP contribution in [0, 0.1) is 0 Å². The quantitative estimate of drug-likeness (QED) is 0.204. The third-order valence-electron chi connectivity index (χ3n) is 8.89. The van der Waals surface area contributed by atoms with Gasteiger partial charge in [-0.25, -0.2) is 15.0 Å². The highest BCUT2D eigenvalue weighted by atomic mass is 15.0. The number of hydrogen-bond donors (Lipinski definition) is 0. The molecule has 0 aliphatic heterocycles. The van der Waals surface area contributed by atoms with E-state index in [0.717, 1.165) is 38.9 Å². The Morgan fingerprint density at radius 2 is 0.800 bits per heavy atom. The molecule has 1 heterocycles. The highest BCUT2D eigenvalue weighted by molar-refractivity contribution is 5.87. The third kappa shape index (κ3) is 4.74. The van der Waals surface area contributed by atoms with Crippen LogP contribution in [0.2, 0.25) is 0 Å². The van der Waals surface area contributed by atoms with Crippen LogP contribution in [0.4, 0.5) is 0 Å². The molecular weight excluding hydrogens is 546 g/mol. The van der Waals surface area contributed by atoms with Crippen molar-refractivity contribution in [1.29, 1.82) is 0 Å². The minimum absolute atomic E-state index is 0.198. The summed E-state index contributed by atoms with van der Waals surface area (Å²) in [6.45, 7) is 4.60. The van der Waals surface area contributed by atoms with Crippen molar-refractivity contribution in [2.24, 2.45) is 0 Å². The Labute approximate surface area is 264 Å². The van der Waals surface area contributed by atoms with Gasteiger partial charge in [-0.1, -0.05) is 147 Å². The van der Waals surface area contributed by atoms with E-state index in [2.05, 4.69) is 135 Å². The molecule has 3 heteroatoms. The summed E-state index contributed by atoms with van der Waals surface area (Å²) in [6, 6.07) is 53.1. The summed E-state index contributed by atoms with van der Waals surface area (Å²) in [6.07, 6.45) is 0. The lowest BCUT2D eigenvalue weighted by molar-refractivity contribution is 0.661. The lowest BCUT2D eigenvalue weighted by Gasteiger charge is -2.24. The zero-order valence-corrected chi connectivity index (χ0v) is 25.3. The first-order chi connectivity index (χ1) is 22.1. The van der Waals surface area contributed by atoms with Gasteiger partial charge >= 0.3 is 0 Å². The molecule has 0 fully saturated rings. The van der Waals surface area contributed by atoms with Gasteiger partial charge in [0.1, 0.15) is 0 Å². The molecule has 0 radical (unpaired) electrons. The van der Waals surface area contributed by atoms with Crippen molar-refractivity contribution in [1.82, 2.24) is 15.0 Å². The molecule has 0 unspecified atom stereocenters. The maximum atomic E-state index is 5.25. The van der Waals surface area contributed by atoms with Crippen LogP contribution in [0.3, 0.4) is 0 Å². The standard InChI is InChI=1S/C42H31N3/c1-42(2)37-24-13-12-21-34(37)35-22-14-23-36(38(35)42)41-44-39(30-19-10-5-11-20-30)43-40(45-41)33-26-31(28-15-6-3-7-16-28)25-32(27-33)29-17-8-4-9-18-29/h3-27H,1-2H3. The molecule has 0 saturated heterocycles. The van der Waals surface area contributed by atoms with Crippen LogP contribution in [-0.2, 0) is 5.41 Å². The predicted molar refractivity (Wildman–Crippen MR) is 185 cm³/mol. The summed E-state index contributed by atoms with van der Waals surface area (Å²) >= 11 is 0. The molecule has 0 N–H and O–H groups in total. The van der Waals surface area contributed by atoms with Gasteiger partial charge in [-0.2, -0.15) is 0 Å². The smallest absolute Gasteiger partial charge is 0.164 e. The normalized spacial score (nSPS) is 12.8. The van der Waals surface area contributed by atoms with Gasteiger partial charge in [-0.15, -0.1) is 0 Å². The van der Waals surface area contributed by atoms with E-state index in [1.54, 1.807) is 0 Å². The van der Waals surface area contributed by atoms with E-state index >= 15 is 0 Å². The molecule has 0 amide bonds. The molecule has 0 bridgehead atoms. The highest BCUT2D eigenvalue weighted by Crippen LogP contribution is 2.51. The third-order valence-corrected chi connectivity index (χ3v) is 8.89. The lowest BCUT2D eigenvalue weighted by Crippen LogP contribution is -2.17. The summed E-state index contributed by atoms with van der Waals surface area (Å²) in [5, 5.41) is 0. The Morgan fingerprint density at radius 1 is 0.356 bits per heavy atom. The molecule has 45 heavy (non-hydrogen) atoms. The molecule has 214 valence electrons. The van der Waals surface area contributed by atoms with Crippen molar-refractivity contribution in [2.45, 2.75) is 19.3 Å². The Morgan fingerprint density at radius 3 is 1.42 bits per heavy atom. The topological polar surface area (TPSA) is 38.7 Å². The van der Waals surface area contributed by atoms with Gasteiger partial charge in [0.2, 0.25) is 0 Å². The highest BCUT2D eigenvalue weighted by Gasteiger charge is 2.38. The van der Waals surface area contributed by atoms with Gasteiger partial charge in [0.05, 0.1) is 0 Å². The molecule has 1 aromatic heterocycles. The SMILES string of the molecule is CC1(C)c2ccccc2-c2cccc(-c3nc(-c4ccccc4)nc(-c4cc(-c5ccccc5)cc(-c5ccccc5)c4)n3)c21. The van der Waals surface area contributed by atoms with Crippen LogP contribution in [-0.4, -0.2) is 15.0 Å². The van der Waals surface area contributed by atoms with Crippen LogP contribution < -0.4 is 0 Å². The van der Waals surface area contributed by atoms with Crippen molar-refractivity contribution in [3.8, 4) is 67.5 Å². The molecule has 0 atom stereocenters. The van der Waals surface area contributed by atoms with Crippen LogP contribution in [0.5, 0.6) is 0 Å². The first kappa shape index (κ1) is 26.9.